The van der Waals surface area contributed by atoms with E-state index in [-0.39, 0.29) is 5.84 Å². The minimum atomic E-state index is -0.797. The molecule has 104 valence electrons. The summed E-state index contributed by atoms with van der Waals surface area (Å²) in [4.78, 5) is 6.10. The topological polar surface area (TPSA) is 115 Å². The van der Waals surface area contributed by atoms with Gasteiger partial charge in [-0.3, -0.25) is 4.98 Å². The Labute approximate surface area is 111 Å². The number of anilines is 1. The maximum absolute atomic E-state index is 9.64. The van der Waals surface area contributed by atoms with E-state index < -0.39 is 12.2 Å². The number of hydrogen-bond donors (Lipinski definition) is 4. The number of hydrogen-bond acceptors (Lipinski definition) is 6. The molecule has 2 heterocycles. The van der Waals surface area contributed by atoms with Crippen LogP contribution in [0.5, 0.6) is 0 Å². The lowest BCUT2D eigenvalue weighted by atomic mass is 10.1. The van der Waals surface area contributed by atoms with E-state index in [1.807, 2.05) is 11.8 Å². The Morgan fingerprint density at radius 1 is 1.37 bits per heavy atom. The van der Waals surface area contributed by atoms with Crippen LogP contribution in [0, 0.1) is 13.8 Å². The Bertz CT molecular complexity index is 508. The molecule has 7 nitrogen and oxygen atoms in total. The number of aliphatic hydroxyl groups is 2. The molecule has 0 bridgehead atoms. The summed E-state index contributed by atoms with van der Waals surface area (Å²) in [5.74, 6) is -0.0316. The number of nitrogens with zero attached hydrogens (tertiary/aromatic N) is 3. The minimum Gasteiger partial charge on any atom is -0.409 e. The molecule has 19 heavy (non-hydrogen) atoms. The van der Waals surface area contributed by atoms with Gasteiger partial charge in [-0.15, -0.1) is 0 Å². The Morgan fingerprint density at radius 2 is 1.95 bits per heavy atom. The first-order valence-corrected chi connectivity index (χ1v) is 6.01. The number of rotatable bonds is 2. The number of aliphatic hydroxyl groups excluding tert-OH is 2. The maximum Gasteiger partial charge on any atom is 0.174 e. The summed E-state index contributed by atoms with van der Waals surface area (Å²) >= 11 is 0. The van der Waals surface area contributed by atoms with E-state index in [2.05, 4.69) is 10.1 Å². The van der Waals surface area contributed by atoms with Gasteiger partial charge in [0.1, 0.15) is 0 Å². The zero-order valence-corrected chi connectivity index (χ0v) is 10.9. The number of oxime groups is 1. The van der Waals surface area contributed by atoms with Gasteiger partial charge in [-0.05, 0) is 19.9 Å². The predicted molar refractivity (Wildman–Crippen MR) is 70.4 cm³/mol. The second-order valence-electron chi connectivity index (χ2n) is 4.77. The Morgan fingerprint density at radius 3 is 2.47 bits per heavy atom. The lowest BCUT2D eigenvalue weighted by Gasteiger charge is -2.22. The van der Waals surface area contributed by atoms with Gasteiger partial charge in [0.05, 0.1) is 29.2 Å². The summed E-state index contributed by atoms with van der Waals surface area (Å²) < 4.78 is 0. The Kier molecular flexibility index (Phi) is 3.59. The highest BCUT2D eigenvalue weighted by Crippen LogP contribution is 2.27. The molecule has 5 N–H and O–H groups in total. The molecular formula is C12H18N4O3. The molecule has 0 radical (unpaired) electrons. The van der Waals surface area contributed by atoms with Gasteiger partial charge in [-0.1, -0.05) is 5.16 Å². The van der Waals surface area contributed by atoms with E-state index in [1.165, 1.54) is 0 Å². The van der Waals surface area contributed by atoms with E-state index in [1.54, 1.807) is 13.0 Å². The number of nitrogens with two attached hydrogens (primary N) is 1. The first-order chi connectivity index (χ1) is 8.93. The Balaban J connectivity index is 2.50. The summed E-state index contributed by atoms with van der Waals surface area (Å²) in [6.07, 6.45) is -1.59. The van der Waals surface area contributed by atoms with Gasteiger partial charge < -0.3 is 26.1 Å². The third-order valence-electron chi connectivity index (χ3n) is 3.27. The summed E-state index contributed by atoms with van der Waals surface area (Å²) in [5.41, 5.74) is 8.35. The number of amidine groups is 1. The summed E-state index contributed by atoms with van der Waals surface area (Å²) in [6, 6.07) is 1.80. The van der Waals surface area contributed by atoms with E-state index in [9.17, 15) is 10.2 Å². The van der Waals surface area contributed by atoms with Crippen LogP contribution in [-0.2, 0) is 0 Å². The van der Waals surface area contributed by atoms with Crippen molar-refractivity contribution >= 4 is 11.5 Å². The largest absolute Gasteiger partial charge is 0.409 e. The first kappa shape index (κ1) is 13.6. The molecule has 0 saturated carbocycles. The number of β-amino-alcohol motifs (C(OH)–C–C–N with tert-alkyl or cyclic N) is 2. The highest BCUT2D eigenvalue weighted by atomic mass is 16.4. The molecule has 1 aromatic rings. The van der Waals surface area contributed by atoms with Crippen LogP contribution in [0.15, 0.2) is 11.2 Å². The molecule has 7 heteroatoms. The fraction of sp³-hybridized carbons (Fsp3) is 0.500. The van der Waals surface area contributed by atoms with Gasteiger partial charge in [0.15, 0.2) is 5.84 Å². The van der Waals surface area contributed by atoms with Crippen molar-refractivity contribution in [2.24, 2.45) is 10.9 Å². The molecule has 0 amide bonds. The number of aromatic nitrogens is 1. The average molecular weight is 266 g/mol. The smallest absolute Gasteiger partial charge is 0.174 e. The summed E-state index contributed by atoms with van der Waals surface area (Å²) in [7, 11) is 0. The summed E-state index contributed by atoms with van der Waals surface area (Å²) in [6.45, 7) is 4.22. The van der Waals surface area contributed by atoms with Gasteiger partial charge in [-0.2, -0.15) is 0 Å². The molecule has 1 aromatic heterocycles. The van der Waals surface area contributed by atoms with Gasteiger partial charge in [0, 0.05) is 18.8 Å². The molecule has 1 aliphatic rings. The molecule has 0 spiro atoms. The SMILES string of the molecule is Cc1cc(N2CC(O)C(O)C2)c(/C(N)=N/O)c(C)n1. The van der Waals surface area contributed by atoms with E-state index in [0.29, 0.717) is 30.0 Å². The second kappa shape index (κ2) is 5.02. The van der Waals surface area contributed by atoms with Gasteiger partial charge in [0.2, 0.25) is 0 Å². The summed E-state index contributed by atoms with van der Waals surface area (Å²) in [5, 5.41) is 31.2. The van der Waals surface area contributed by atoms with Crippen LogP contribution < -0.4 is 10.6 Å². The zero-order valence-electron chi connectivity index (χ0n) is 10.9. The highest BCUT2D eigenvalue weighted by Gasteiger charge is 2.31. The van der Waals surface area contributed by atoms with Crippen molar-refractivity contribution < 1.29 is 15.4 Å². The fourth-order valence-electron chi connectivity index (χ4n) is 2.39. The number of pyridine rings is 1. The molecular weight excluding hydrogens is 248 g/mol. The van der Waals surface area contributed by atoms with Crippen molar-refractivity contribution in [1.82, 2.24) is 4.98 Å². The van der Waals surface area contributed by atoms with Crippen LogP contribution in [0.4, 0.5) is 5.69 Å². The normalized spacial score (nSPS) is 24.0. The standard InChI is InChI=1S/C12H18N4O3/c1-6-3-8(16-4-9(17)10(18)5-16)11(7(2)14-6)12(13)15-19/h3,9-10,17-19H,4-5H2,1-2H3,(H2,13,15). The second-order valence-corrected chi connectivity index (χ2v) is 4.77. The molecule has 1 saturated heterocycles. The molecule has 1 aliphatic heterocycles. The zero-order chi connectivity index (χ0) is 14.2. The van der Waals surface area contributed by atoms with Crippen LogP contribution in [0.1, 0.15) is 17.0 Å². The van der Waals surface area contributed by atoms with Crippen LogP contribution in [0.3, 0.4) is 0 Å². The van der Waals surface area contributed by atoms with Gasteiger partial charge in [0.25, 0.3) is 0 Å². The van der Waals surface area contributed by atoms with Crippen molar-refractivity contribution in [1.29, 1.82) is 0 Å². The molecule has 0 aromatic carbocycles. The van der Waals surface area contributed by atoms with Crippen molar-refractivity contribution in [3.8, 4) is 0 Å². The third-order valence-corrected chi connectivity index (χ3v) is 3.27. The first-order valence-electron chi connectivity index (χ1n) is 6.01. The molecule has 0 aliphatic carbocycles. The molecule has 2 unspecified atom stereocenters. The monoisotopic (exact) mass is 266 g/mol. The van der Waals surface area contributed by atoms with E-state index >= 15 is 0 Å². The highest BCUT2D eigenvalue weighted by molar-refractivity contribution is 6.03. The van der Waals surface area contributed by atoms with Gasteiger partial charge in [-0.25, -0.2) is 0 Å². The fourth-order valence-corrected chi connectivity index (χ4v) is 2.39. The van der Waals surface area contributed by atoms with Crippen LogP contribution >= 0.6 is 0 Å². The maximum atomic E-state index is 9.64. The van der Waals surface area contributed by atoms with Crippen LogP contribution in [0.25, 0.3) is 0 Å². The Hall–Kier alpha value is -1.86. The van der Waals surface area contributed by atoms with Crippen LogP contribution in [0.2, 0.25) is 0 Å². The number of aryl methyl sites for hydroxylation is 2. The van der Waals surface area contributed by atoms with Crippen molar-refractivity contribution in [3.63, 3.8) is 0 Å². The molecule has 2 rings (SSSR count). The van der Waals surface area contributed by atoms with Crippen LogP contribution in [-0.4, -0.2) is 51.5 Å². The van der Waals surface area contributed by atoms with Gasteiger partial charge >= 0.3 is 0 Å². The van der Waals surface area contributed by atoms with Crippen molar-refractivity contribution in [3.05, 3.63) is 23.0 Å². The van der Waals surface area contributed by atoms with E-state index in [0.717, 1.165) is 5.69 Å². The van der Waals surface area contributed by atoms with Crippen molar-refractivity contribution in [2.45, 2.75) is 26.1 Å². The average Bonchev–Trinajstić information content (AvgIpc) is 2.68. The minimum absolute atomic E-state index is 0.0316. The lowest BCUT2D eigenvalue weighted by Crippen LogP contribution is -2.27. The molecule has 1 fully saturated rings. The third kappa shape index (κ3) is 2.47. The molecule has 2 atom stereocenters. The lowest BCUT2D eigenvalue weighted by molar-refractivity contribution is 0.0572. The van der Waals surface area contributed by atoms with E-state index in [4.69, 9.17) is 10.9 Å². The van der Waals surface area contributed by atoms with Crippen molar-refractivity contribution in [2.75, 3.05) is 18.0 Å². The predicted octanol–water partition coefficient (Wildman–Crippen LogP) is -0.665. The quantitative estimate of drug-likeness (QED) is 0.244.